The van der Waals surface area contributed by atoms with Crippen LogP contribution in [0, 0.1) is 0 Å². The van der Waals surface area contributed by atoms with Crippen molar-refractivity contribution < 1.29 is 14.7 Å². The lowest BCUT2D eigenvalue weighted by Crippen LogP contribution is -2.11. The van der Waals surface area contributed by atoms with Gasteiger partial charge in [-0.2, -0.15) is 0 Å². The summed E-state index contributed by atoms with van der Waals surface area (Å²) in [5.74, 6) is -0.178. The van der Waals surface area contributed by atoms with Gasteiger partial charge >= 0.3 is 5.97 Å². The van der Waals surface area contributed by atoms with Crippen LogP contribution < -0.4 is 0 Å². The molecule has 0 aliphatic heterocycles. The van der Waals surface area contributed by atoms with E-state index in [0.717, 1.165) is 11.3 Å². The number of hydrogen-bond donors (Lipinski definition) is 1. The Kier molecular flexibility index (Phi) is 5.58. The molecular formula is C21H19NO3S. The number of carboxylic acid groups (broad SMARTS) is 1. The van der Waals surface area contributed by atoms with E-state index in [2.05, 4.69) is 12.1 Å². The number of aromatic nitrogens is 1. The number of nitrogens with zero attached hydrogens (tertiary/aromatic N) is 1. The van der Waals surface area contributed by atoms with Crippen molar-refractivity contribution in [1.29, 1.82) is 0 Å². The largest absolute Gasteiger partial charge is 0.481 e. The zero-order chi connectivity index (χ0) is 18.5. The molecule has 26 heavy (non-hydrogen) atoms. The van der Waals surface area contributed by atoms with Gasteiger partial charge in [0.1, 0.15) is 0 Å². The van der Waals surface area contributed by atoms with Gasteiger partial charge in [-0.25, -0.2) is 0 Å². The van der Waals surface area contributed by atoms with Gasteiger partial charge in [0.15, 0.2) is 0 Å². The van der Waals surface area contributed by atoms with Crippen LogP contribution in [0.2, 0.25) is 0 Å². The highest BCUT2D eigenvalue weighted by molar-refractivity contribution is 7.98. The number of ketones is 1. The Morgan fingerprint density at radius 2 is 1.65 bits per heavy atom. The Labute approximate surface area is 156 Å². The monoisotopic (exact) mass is 365 g/mol. The topological polar surface area (TPSA) is 59.3 Å². The molecule has 1 aromatic heterocycles. The standard InChI is InChI=1S/C21H19NO3S/c1-22-17(13-20(23)24)11-12-19(22)21(25)16-9-7-15(8-10-16)14-26-18-5-3-2-4-6-18/h2-12H,13-14H2,1H3,(H,23,24). The molecule has 2 aromatic carbocycles. The first-order valence-electron chi connectivity index (χ1n) is 8.22. The van der Waals surface area contributed by atoms with Gasteiger partial charge < -0.3 is 9.67 Å². The lowest BCUT2D eigenvalue weighted by Gasteiger charge is -2.07. The number of benzene rings is 2. The molecule has 5 heteroatoms. The summed E-state index contributed by atoms with van der Waals surface area (Å²) in [5, 5.41) is 8.92. The molecule has 0 radical (unpaired) electrons. The van der Waals surface area contributed by atoms with E-state index in [1.807, 2.05) is 42.5 Å². The zero-order valence-electron chi connectivity index (χ0n) is 14.4. The highest BCUT2D eigenvalue weighted by Gasteiger charge is 2.16. The molecule has 0 fully saturated rings. The average Bonchev–Trinajstić information content (AvgIpc) is 3.00. The van der Waals surface area contributed by atoms with E-state index in [0.29, 0.717) is 17.0 Å². The SMILES string of the molecule is Cn1c(CC(=O)O)ccc1C(=O)c1ccc(CSc2ccccc2)cc1. The zero-order valence-corrected chi connectivity index (χ0v) is 15.2. The van der Waals surface area contributed by atoms with Crippen LogP contribution >= 0.6 is 11.8 Å². The Morgan fingerprint density at radius 1 is 0.962 bits per heavy atom. The fraction of sp³-hybridized carbons (Fsp3) is 0.143. The van der Waals surface area contributed by atoms with Crippen molar-refractivity contribution in [3.63, 3.8) is 0 Å². The molecule has 0 spiro atoms. The van der Waals surface area contributed by atoms with Crippen LogP contribution in [0.3, 0.4) is 0 Å². The second-order valence-electron chi connectivity index (χ2n) is 5.97. The van der Waals surface area contributed by atoms with E-state index in [9.17, 15) is 9.59 Å². The summed E-state index contributed by atoms with van der Waals surface area (Å²) in [6, 6.07) is 21.1. The van der Waals surface area contributed by atoms with Gasteiger partial charge in [-0.3, -0.25) is 9.59 Å². The summed E-state index contributed by atoms with van der Waals surface area (Å²) < 4.78 is 1.65. The third-order valence-electron chi connectivity index (χ3n) is 4.16. The van der Waals surface area contributed by atoms with Crippen LogP contribution in [-0.4, -0.2) is 21.4 Å². The third kappa shape index (κ3) is 4.24. The highest BCUT2D eigenvalue weighted by atomic mass is 32.2. The first-order valence-corrected chi connectivity index (χ1v) is 9.21. The minimum atomic E-state index is -0.912. The Morgan fingerprint density at radius 3 is 2.31 bits per heavy atom. The quantitative estimate of drug-likeness (QED) is 0.504. The molecule has 0 unspecified atom stereocenters. The smallest absolute Gasteiger partial charge is 0.309 e. The van der Waals surface area contributed by atoms with Gasteiger partial charge in [0.05, 0.1) is 12.1 Å². The first-order chi connectivity index (χ1) is 12.5. The molecule has 1 heterocycles. The molecule has 0 aliphatic rings. The van der Waals surface area contributed by atoms with Gasteiger partial charge in [-0.1, -0.05) is 42.5 Å². The predicted molar refractivity (Wildman–Crippen MR) is 103 cm³/mol. The number of hydrogen-bond acceptors (Lipinski definition) is 3. The van der Waals surface area contributed by atoms with E-state index in [-0.39, 0.29) is 12.2 Å². The van der Waals surface area contributed by atoms with Crippen molar-refractivity contribution in [3.05, 3.63) is 89.2 Å². The Hall–Kier alpha value is -2.79. The molecule has 0 amide bonds. The van der Waals surface area contributed by atoms with E-state index < -0.39 is 5.97 Å². The minimum absolute atomic E-state index is 0.0978. The summed E-state index contributed by atoms with van der Waals surface area (Å²) in [4.78, 5) is 24.8. The fourth-order valence-corrected chi connectivity index (χ4v) is 3.57. The van der Waals surface area contributed by atoms with Gasteiger partial charge in [0, 0.05) is 29.0 Å². The van der Waals surface area contributed by atoms with Crippen molar-refractivity contribution >= 4 is 23.5 Å². The van der Waals surface area contributed by atoms with Gasteiger partial charge in [0.2, 0.25) is 5.78 Å². The van der Waals surface area contributed by atoms with Gasteiger partial charge in [-0.15, -0.1) is 11.8 Å². The van der Waals surface area contributed by atoms with Crippen molar-refractivity contribution in [1.82, 2.24) is 4.57 Å². The molecule has 3 rings (SSSR count). The first kappa shape index (κ1) is 18.0. The lowest BCUT2D eigenvalue weighted by atomic mass is 10.1. The van der Waals surface area contributed by atoms with Crippen LogP contribution in [0.1, 0.15) is 27.3 Å². The number of aliphatic carboxylic acids is 1. The van der Waals surface area contributed by atoms with Crippen molar-refractivity contribution in [2.75, 3.05) is 0 Å². The molecule has 1 N–H and O–H groups in total. The van der Waals surface area contributed by atoms with Gasteiger partial charge in [-0.05, 0) is 29.8 Å². The van der Waals surface area contributed by atoms with Gasteiger partial charge in [0.25, 0.3) is 0 Å². The van der Waals surface area contributed by atoms with E-state index >= 15 is 0 Å². The number of carboxylic acids is 1. The number of rotatable bonds is 7. The van der Waals surface area contributed by atoms with E-state index in [1.54, 1.807) is 35.5 Å². The van der Waals surface area contributed by atoms with Crippen LogP contribution in [0.25, 0.3) is 0 Å². The molecule has 0 aliphatic carbocycles. The summed E-state index contributed by atoms with van der Waals surface area (Å²) in [6.45, 7) is 0. The summed E-state index contributed by atoms with van der Waals surface area (Å²) in [6.07, 6.45) is -0.0978. The highest BCUT2D eigenvalue weighted by Crippen LogP contribution is 2.23. The number of carbonyl (C=O) groups is 2. The Bertz CT molecular complexity index is 914. The molecule has 0 saturated carbocycles. The molecule has 0 bridgehead atoms. The second-order valence-corrected chi connectivity index (χ2v) is 7.02. The van der Waals surface area contributed by atoms with Crippen molar-refractivity contribution in [3.8, 4) is 0 Å². The average molecular weight is 365 g/mol. The Balaban J connectivity index is 1.69. The molecule has 0 atom stereocenters. The summed E-state index contributed by atoms with van der Waals surface area (Å²) >= 11 is 1.75. The van der Waals surface area contributed by atoms with Crippen molar-refractivity contribution in [2.24, 2.45) is 7.05 Å². The second kappa shape index (κ2) is 8.06. The van der Waals surface area contributed by atoms with E-state index in [1.165, 1.54) is 4.90 Å². The maximum atomic E-state index is 12.7. The minimum Gasteiger partial charge on any atom is -0.481 e. The maximum Gasteiger partial charge on any atom is 0.309 e. The fourth-order valence-electron chi connectivity index (χ4n) is 2.70. The van der Waals surface area contributed by atoms with E-state index in [4.69, 9.17) is 5.11 Å². The summed E-state index contributed by atoms with van der Waals surface area (Å²) in [5.41, 5.74) is 2.85. The van der Waals surface area contributed by atoms with Crippen LogP contribution in [-0.2, 0) is 24.0 Å². The molecule has 0 saturated heterocycles. The normalized spacial score (nSPS) is 10.7. The molecule has 3 aromatic rings. The predicted octanol–water partition coefficient (Wildman–Crippen LogP) is 4.18. The molecule has 132 valence electrons. The summed E-state index contributed by atoms with van der Waals surface area (Å²) in [7, 11) is 1.72. The van der Waals surface area contributed by atoms with Crippen LogP contribution in [0.4, 0.5) is 0 Å². The third-order valence-corrected chi connectivity index (χ3v) is 5.24. The lowest BCUT2D eigenvalue weighted by molar-refractivity contribution is -0.136. The maximum absolute atomic E-state index is 12.7. The van der Waals surface area contributed by atoms with Crippen LogP contribution in [0.15, 0.2) is 71.6 Å². The van der Waals surface area contributed by atoms with Crippen LogP contribution in [0.5, 0.6) is 0 Å². The molecular weight excluding hydrogens is 346 g/mol. The number of thioether (sulfide) groups is 1. The van der Waals surface area contributed by atoms with Crippen molar-refractivity contribution in [2.45, 2.75) is 17.1 Å². The molecule has 4 nitrogen and oxygen atoms in total. The number of carbonyl (C=O) groups excluding carboxylic acids is 1.